The highest BCUT2D eigenvalue weighted by Crippen LogP contribution is 2.25. The topological polar surface area (TPSA) is 60.2 Å². The Bertz CT molecular complexity index is 455. The second kappa shape index (κ2) is 4.18. The van der Waals surface area contributed by atoms with Crippen molar-refractivity contribution < 1.29 is 4.74 Å². The Morgan fingerprint density at radius 1 is 1.47 bits per heavy atom. The summed E-state index contributed by atoms with van der Waals surface area (Å²) in [5, 5.41) is 4.62. The maximum absolute atomic E-state index is 5.58. The Labute approximate surface area is 91.7 Å². The Kier molecular flexibility index (Phi) is 2.73. The number of methoxy groups -OCH3 is 1. The number of nitrogens with two attached hydrogens (primary N) is 1. The molecule has 0 unspecified atom stereocenters. The summed E-state index contributed by atoms with van der Waals surface area (Å²) >= 11 is 1.41. The van der Waals surface area contributed by atoms with Crippen molar-refractivity contribution >= 4 is 27.2 Å². The van der Waals surface area contributed by atoms with Gasteiger partial charge in [-0.2, -0.15) is 0 Å². The van der Waals surface area contributed by atoms with Gasteiger partial charge in [0.05, 0.1) is 13.3 Å². The van der Waals surface area contributed by atoms with Gasteiger partial charge in [0.1, 0.15) is 10.8 Å². The highest BCUT2D eigenvalue weighted by Gasteiger charge is 2.00. The molecule has 78 valence electrons. The number of anilines is 3. The van der Waals surface area contributed by atoms with Gasteiger partial charge < -0.3 is 15.8 Å². The molecule has 4 nitrogen and oxygen atoms in total. The van der Waals surface area contributed by atoms with E-state index >= 15 is 0 Å². The molecular formula is C10H11N3OS. The normalized spacial score (nSPS) is 9.93. The Morgan fingerprint density at radius 3 is 3.00 bits per heavy atom. The van der Waals surface area contributed by atoms with Crippen molar-refractivity contribution in [3.05, 3.63) is 30.5 Å². The molecule has 0 spiro atoms. The first-order chi connectivity index (χ1) is 7.28. The van der Waals surface area contributed by atoms with Crippen LogP contribution in [0.1, 0.15) is 0 Å². The van der Waals surface area contributed by atoms with Crippen LogP contribution in [-0.4, -0.2) is 12.1 Å². The van der Waals surface area contributed by atoms with E-state index < -0.39 is 0 Å². The van der Waals surface area contributed by atoms with E-state index in [0.717, 1.165) is 16.6 Å². The van der Waals surface area contributed by atoms with Crippen molar-refractivity contribution in [3.63, 3.8) is 0 Å². The minimum Gasteiger partial charge on any atom is -0.497 e. The first kappa shape index (κ1) is 9.79. The summed E-state index contributed by atoms with van der Waals surface area (Å²) in [6, 6.07) is 7.65. The number of hydrogen-bond donors (Lipinski definition) is 2. The number of ether oxygens (including phenoxy) is 1. The third kappa shape index (κ3) is 2.38. The van der Waals surface area contributed by atoms with Crippen molar-refractivity contribution in [3.8, 4) is 5.75 Å². The van der Waals surface area contributed by atoms with Crippen LogP contribution >= 0.6 is 11.3 Å². The fraction of sp³-hybridized carbons (Fsp3) is 0.100. The molecule has 0 radical (unpaired) electrons. The third-order valence-electron chi connectivity index (χ3n) is 1.84. The second-order valence-corrected chi connectivity index (χ2v) is 3.99. The summed E-state index contributed by atoms with van der Waals surface area (Å²) in [5.41, 5.74) is 6.51. The third-order valence-corrected chi connectivity index (χ3v) is 2.59. The standard InChI is InChI=1S/C10H11N3OS/c1-14-8-4-2-3-7(5-8)13-10-12-6-9(11)15-10/h2-6H,11H2,1H3,(H,12,13). The van der Waals surface area contributed by atoms with Crippen molar-refractivity contribution in [2.75, 3.05) is 18.2 Å². The molecule has 1 aromatic heterocycles. The molecule has 1 heterocycles. The zero-order valence-corrected chi connectivity index (χ0v) is 9.04. The minimum absolute atomic E-state index is 0.695. The van der Waals surface area contributed by atoms with Gasteiger partial charge in [0.25, 0.3) is 0 Å². The van der Waals surface area contributed by atoms with Crippen molar-refractivity contribution in [2.24, 2.45) is 0 Å². The van der Waals surface area contributed by atoms with Gasteiger partial charge in [-0.25, -0.2) is 4.98 Å². The van der Waals surface area contributed by atoms with Gasteiger partial charge >= 0.3 is 0 Å². The van der Waals surface area contributed by atoms with Gasteiger partial charge in [-0.15, -0.1) is 0 Å². The number of nitrogens with zero attached hydrogens (tertiary/aromatic N) is 1. The van der Waals surface area contributed by atoms with E-state index in [-0.39, 0.29) is 0 Å². The molecule has 0 bridgehead atoms. The number of hydrogen-bond acceptors (Lipinski definition) is 5. The molecule has 0 saturated heterocycles. The molecular weight excluding hydrogens is 210 g/mol. The highest BCUT2D eigenvalue weighted by molar-refractivity contribution is 7.19. The lowest BCUT2D eigenvalue weighted by Gasteiger charge is -2.04. The monoisotopic (exact) mass is 221 g/mol. The first-order valence-electron chi connectivity index (χ1n) is 4.40. The van der Waals surface area contributed by atoms with Crippen LogP contribution in [0.3, 0.4) is 0 Å². The summed E-state index contributed by atoms with van der Waals surface area (Å²) in [7, 11) is 1.64. The van der Waals surface area contributed by atoms with Gasteiger partial charge in [0.2, 0.25) is 0 Å². The van der Waals surface area contributed by atoms with Crippen LogP contribution < -0.4 is 15.8 Å². The van der Waals surface area contributed by atoms with E-state index in [0.29, 0.717) is 5.00 Å². The van der Waals surface area contributed by atoms with Crippen LogP contribution in [-0.2, 0) is 0 Å². The number of benzene rings is 1. The second-order valence-electron chi connectivity index (χ2n) is 2.92. The van der Waals surface area contributed by atoms with Gasteiger partial charge in [-0.1, -0.05) is 17.4 Å². The minimum atomic E-state index is 0.695. The Balaban J connectivity index is 2.16. The molecule has 0 amide bonds. The predicted molar refractivity (Wildman–Crippen MR) is 62.8 cm³/mol. The molecule has 0 aliphatic rings. The molecule has 1 aromatic carbocycles. The van der Waals surface area contributed by atoms with Crippen LogP contribution in [0.4, 0.5) is 15.8 Å². The molecule has 0 saturated carbocycles. The molecule has 0 aliphatic carbocycles. The van der Waals surface area contributed by atoms with E-state index in [2.05, 4.69) is 10.3 Å². The van der Waals surface area contributed by atoms with E-state index in [1.165, 1.54) is 11.3 Å². The van der Waals surface area contributed by atoms with Crippen LogP contribution in [0.25, 0.3) is 0 Å². The summed E-state index contributed by atoms with van der Waals surface area (Å²) < 4.78 is 5.12. The zero-order chi connectivity index (χ0) is 10.7. The summed E-state index contributed by atoms with van der Waals surface area (Å²) in [5.74, 6) is 0.810. The fourth-order valence-electron chi connectivity index (χ4n) is 1.17. The average Bonchev–Trinajstić information content (AvgIpc) is 2.64. The smallest absolute Gasteiger partial charge is 0.189 e. The Hall–Kier alpha value is -1.75. The van der Waals surface area contributed by atoms with Crippen molar-refractivity contribution in [1.82, 2.24) is 4.98 Å². The van der Waals surface area contributed by atoms with Gasteiger partial charge in [0.15, 0.2) is 5.13 Å². The highest BCUT2D eigenvalue weighted by atomic mass is 32.1. The molecule has 0 aliphatic heterocycles. The van der Waals surface area contributed by atoms with Gasteiger partial charge in [0, 0.05) is 11.8 Å². The summed E-state index contributed by atoms with van der Waals surface area (Å²) in [6.45, 7) is 0. The maximum atomic E-state index is 5.58. The van der Waals surface area contributed by atoms with E-state index in [1.807, 2.05) is 24.3 Å². The maximum Gasteiger partial charge on any atom is 0.189 e. The number of nitrogens with one attached hydrogen (secondary N) is 1. The van der Waals surface area contributed by atoms with Crippen LogP contribution in [0, 0.1) is 0 Å². The van der Waals surface area contributed by atoms with Crippen LogP contribution in [0.5, 0.6) is 5.75 Å². The predicted octanol–water partition coefficient (Wildman–Crippen LogP) is 2.48. The molecule has 0 fully saturated rings. The van der Waals surface area contributed by atoms with Gasteiger partial charge in [-0.05, 0) is 12.1 Å². The fourth-order valence-corrected chi connectivity index (χ4v) is 1.77. The largest absolute Gasteiger partial charge is 0.497 e. The molecule has 5 heteroatoms. The molecule has 2 rings (SSSR count). The van der Waals surface area contributed by atoms with Crippen molar-refractivity contribution in [2.45, 2.75) is 0 Å². The summed E-state index contributed by atoms with van der Waals surface area (Å²) in [4.78, 5) is 4.11. The number of aromatic nitrogens is 1. The Morgan fingerprint density at radius 2 is 2.33 bits per heavy atom. The lowest BCUT2D eigenvalue weighted by atomic mass is 10.3. The lowest BCUT2D eigenvalue weighted by molar-refractivity contribution is 0.415. The number of thiazole rings is 1. The molecule has 2 aromatic rings. The molecule has 15 heavy (non-hydrogen) atoms. The van der Waals surface area contributed by atoms with Gasteiger partial charge in [-0.3, -0.25) is 0 Å². The SMILES string of the molecule is COc1cccc(Nc2ncc(N)s2)c1. The van der Waals surface area contributed by atoms with Crippen molar-refractivity contribution in [1.29, 1.82) is 0 Å². The molecule has 3 N–H and O–H groups in total. The zero-order valence-electron chi connectivity index (χ0n) is 8.23. The van der Waals surface area contributed by atoms with Crippen LogP contribution in [0.15, 0.2) is 30.5 Å². The number of nitrogen functional groups attached to an aromatic ring is 1. The van der Waals surface area contributed by atoms with Crippen LogP contribution in [0.2, 0.25) is 0 Å². The summed E-state index contributed by atoms with van der Waals surface area (Å²) in [6.07, 6.45) is 1.63. The lowest BCUT2D eigenvalue weighted by Crippen LogP contribution is -1.89. The van der Waals surface area contributed by atoms with E-state index in [1.54, 1.807) is 13.3 Å². The average molecular weight is 221 g/mol. The van der Waals surface area contributed by atoms with E-state index in [4.69, 9.17) is 10.5 Å². The quantitative estimate of drug-likeness (QED) is 0.836. The molecule has 0 atom stereocenters. The number of rotatable bonds is 3. The first-order valence-corrected chi connectivity index (χ1v) is 5.22. The van der Waals surface area contributed by atoms with E-state index in [9.17, 15) is 0 Å².